The molecule has 1 N–H and O–H groups in total. The van der Waals surface area contributed by atoms with Crippen LogP contribution in [-0.4, -0.2) is 39.2 Å². The molecular weight excluding hydrogens is 579 g/mol. The van der Waals surface area contributed by atoms with E-state index in [1.807, 2.05) is 30.3 Å². The maximum Gasteiger partial charge on any atom is 0.487 e. The van der Waals surface area contributed by atoms with Gasteiger partial charge in [-0.05, 0) is 54.4 Å². The molecule has 3 aromatic rings. The zero-order valence-corrected chi connectivity index (χ0v) is 22.6. The molecule has 0 bridgehead atoms. The van der Waals surface area contributed by atoms with E-state index in [1.165, 1.54) is 35.2 Å². The summed E-state index contributed by atoms with van der Waals surface area (Å²) in [7, 11) is 0. The Hall–Kier alpha value is -2.85. The molecule has 6 nitrogen and oxygen atoms in total. The van der Waals surface area contributed by atoms with Crippen LogP contribution in [0.5, 0.6) is 5.75 Å². The molecule has 0 aliphatic carbocycles. The minimum Gasteiger partial charge on any atom is -0.420 e. The quantitative estimate of drug-likeness (QED) is 0.275. The van der Waals surface area contributed by atoms with Gasteiger partial charge in [0.05, 0.1) is 15.7 Å². The van der Waals surface area contributed by atoms with Gasteiger partial charge in [-0.3, -0.25) is 14.5 Å². The van der Waals surface area contributed by atoms with Crippen LogP contribution in [0.15, 0.2) is 77.8 Å². The first kappa shape index (κ1) is 28.2. The van der Waals surface area contributed by atoms with Crippen molar-refractivity contribution in [3.05, 3.63) is 88.4 Å². The van der Waals surface area contributed by atoms with Crippen LogP contribution >= 0.6 is 46.6 Å². The number of anilines is 1. The van der Waals surface area contributed by atoms with Gasteiger partial charge in [-0.1, -0.05) is 65.3 Å². The summed E-state index contributed by atoms with van der Waals surface area (Å²) in [6.07, 6.45) is 0.535. The van der Waals surface area contributed by atoms with Crippen LogP contribution in [0.4, 0.5) is 20.2 Å². The third kappa shape index (κ3) is 7.83. The summed E-state index contributed by atoms with van der Waals surface area (Å²) in [5, 5.41) is 2.93. The van der Waals surface area contributed by atoms with Gasteiger partial charge < -0.3 is 10.1 Å². The lowest BCUT2D eigenvalue weighted by atomic mass is 10.1. The molecule has 1 fully saturated rings. The molecule has 38 heavy (non-hydrogen) atoms. The Kier molecular flexibility index (Phi) is 9.15. The van der Waals surface area contributed by atoms with Gasteiger partial charge in [0.25, 0.3) is 0 Å². The van der Waals surface area contributed by atoms with Crippen molar-refractivity contribution >= 4 is 74.9 Å². The lowest BCUT2D eigenvalue weighted by molar-refractivity contribution is -0.129. The number of hydrogen-bond acceptors (Lipinski definition) is 5. The van der Waals surface area contributed by atoms with Crippen LogP contribution in [0, 0.1) is 0 Å². The summed E-state index contributed by atoms with van der Waals surface area (Å²) in [6.45, 7) is 0.343. The van der Waals surface area contributed by atoms with Crippen molar-refractivity contribution < 1.29 is 23.1 Å². The van der Waals surface area contributed by atoms with Crippen molar-refractivity contribution in [2.75, 3.05) is 11.9 Å². The van der Waals surface area contributed by atoms with E-state index in [1.54, 1.807) is 12.1 Å². The topological polar surface area (TPSA) is 71.0 Å². The molecular formula is C26H20Cl3F2N3O3S. The number of carbonyl (C=O) groups is 2. The van der Waals surface area contributed by atoms with Gasteiger partial charge in [-0.2, -0.15) is 0 Å². The Morgan fingerprint density at radius 2 is 1.79 bits per heavy atom. The van der Waals surface area contributed by atoms with Crippen molar-refractivity contribution in [2.45, 2.75) is 23.7 Å². The normalized spacial score (nSPS) is 17.0. The molecule has 0 spiro atoms. The number of benzene rings is 3. The zero-order valence-electron chi connectivity index (χ0n) is 19.5. The Bertz CT molecular complexity index is 1340. The number of ether oxygens (including phenoxy) is 1. The summed E-state index contributed by atoms with van der Waals surface area (Å²) in [6, 6.07) is 19.8. The van der Waals surface area contributed by atoms with Crippen molar-refractivity contribution in [2.24, 2.45) is 4.99 Å². The number of thioether (sulfide) groups is 1. The van der Waals surface area contributed by atoms with Crippen LogP contribution in [0.25, 0.3) is 0 Å². The van der Waals surface area contributed by atoms with Crippen LogP contribution in [0.3, 0.4) is 0 Å². The number of halogens is 5. The zero-order chi connectivity index (χ0) is 27.3. The smallest absolute Gasteiger partial charge is 0.420 e. The summed E-state index contributed by atoms with van der Waals surface area (Å²) < 4.78 is 30.2. The second-order valence-electron chi connectivity index (χ2n) is 8.15. The highest BCUT2D eigenvalue weighted by Gasteiger charge is 2.36. The first-order valence-electron chi connectivity index (χ1n) is 11.3. The molecule has 198 valence electrons. The van der Waals surface area contributed by atoms with Gasteiger partial charge >= 0.3 is 5.57 Å². The van der Waals surface area contributed by atoms with Gasteiger partial charge in [-0.15, -0.1) is 8.78 Å². The molecule has 0 aromatic heterocycles. The second-order valence-corrected chi connectivity index (χ2v) is 10.6. The number of amides is 2. The molecule has 4 rings (SSSR count). The van der Waals surface area contributed by atoms with E-state index in [0.717, 1.165) is 17.3 Å². The molecule has 0 radical (unpaired) electrons. The molecule has 1 atom stereocenters. The van der Waals surface area contributed by atoms with Crippen LogP contribution in [0.2, 0.25) is 10.0 Å². The average Bonchev–Trinajstić information content (AvgIpc) is 2.86. The molecule has 0 saturated carbocycles. The maximum atomic E-state index is 13.2. The lowest BCUT2D eigenvalue weighted by Gasteiger charge is -2.32. The van der Waals surface area contributed by atoms with Crippen molar-refractivity contribution in [3.8, 4) is 5.75 Å². The number of hydrogen-bond donors (Lipinski definition) is 1. The Morgan fingerprint density at radius 1 is 1.08 bits per heavy atom. The summed E-state index contributed by atoms with van der Waals surface area (Å²) in [4.78, 5) is 32.3. The standard InChI is InChI=1S/C26H20Cl3F2N3O3S/c27-20-11-8-18(14-21(20)28)32-24(36)22-15-23(35)34(13-12-16-4-2-1-3-5-16)25(38-22)33-17-6-9-19(10-7-17)37-26(29,30)31/h1-11,14,22H,12-13,15H2,(H,32,36)/t22-/m0/s1. The van der Waals surface area contributed by atoms with E-state index in [4.69, 9.17) is 34.8 Å². The van der Waals surface area contributed by atoms with E-state index < -0.39 is 16.7 Å². The number of amidine groups is 1. The number of alkyl halides is 3. The summed E-state index contributed by atoms with van der Waals surface area (Å²) >= 11 is 17.9. The van der Waals surface area contributed by atoms with Crippen LogP contribution in [-0.2, 0) is 16.0 Å². The van der Waals surface area contributed by atoms with E-state index >= 15 is 0 Å². The predicted molar refractivity (Wildman–Crippen MR) is 148 cm³/mol. The minimum absolute atomic E-state index is 0.0385. The van der Waals surface area contributed by atoms with Crippen molar-refractivity contribution in [3.63, 3.8) is 0 Å². The number of rotatable bonds is 8. The number of carbonyl (C=O) groups excluding carboxylic acids is 2. The third-order valence-electron chi connectivity index (χ3n) is 5.38. The summed E-state index contributed by atoms with van der Waals surface area (Å²) in [5.74, 6) is -0.819. The first-order chi connectivity index (χ1) is 18.1. The highest BCUT2D eigenvalue weighted by atomic mass is 35.5. The molecule has 12 heteroatoms. The van der Waals surface area contributed by atoms with Crippen LogP contribution in [0.1, 0.15) is 12.0 Å². The molecule has 1 aliphatic rings. The predicted octanol–water partition coefficient (Wildman–Crippen LogP) is 7.36. The fraction of sp³-hybridized carbons (Fsp3) is 0.192. The summed E-state index contributed by atoms with van der Waals surface area (Å²) in [5.41, 5.74) is -2.00. The second kappa shape index (κ2) is 12.3. The number of aliphatic imine (C=N–C) groups is 1. The fourth-order valence-corrected chi connectivity index (χ4v) is 5.09. The minimum atomic E-state index is -3.85. The molecule has 3 aromatic carbocycles. The molecule has 2 amide bonds. The Labute approximate surface area is 236 Å². The SMILES string of the molecule is O=C(Nc1ccc(Cl)c(Cl)c1)[C@@H]1CC(=O)N(CCc2ccccc2)C(=Nc2ccc(OC(F)(F)Cl)cc2)S1. The van der Waals surface area contributed by atoms with Crippen LogP contribution < -0.4 is 10.1 Å². The molecule has 1 heterocycles. The largest absolute Gasteiger partial charge is 0.487 e. The number of nitrogens with zero attached hydrogens (tertiary/aromatic N) is 2. The van der Waals surface area contributed by atoms with E-state index in [9.17, 15) is 18.4 Å². The van der Waals surface area contributed by atoms with Gasteiger partial charge in [-0.25, -0.2) is 4.99 Å². The van der Waals surface area contributed by atoms with E-state index in [2.05, 4.69) is 15.0 Å². The molecule has 1 saturated heterocycles. The fourth-order valence-electron chi connectivity index (χ4n) is 3.58. The van der Waals surface area contributed by atoms with Gasteiger partial charge in [0.2, 0.25) is 11.8 Å². The van der Waals surface area contributed by atoms with Gasteiger partial charge in [0.15, 0.2) is 5.17 Å². The molecule has 0 unspecified atom stereocenters. The number of nitrogens with one attached hydrogen (secondary N) is 1. The maximum absolute atomic E-state index is 13.2. The van der Waals surface area contributed by atoms with Gasteiger partial charge in [0, 0.05) is 30.3 Å². The van der Waals surface area contributed by atoms with E-state index in [-0.39, 0.29) is 23.1 Å². The van der Waals surface area contributed by atoms with Crippen molar-refractivity contribution in [1.29, 1.82) is 0 Å². The highest BCUT2D eigenvalue weighted by molar-refractivity contribution is 8.15. The monoisotopic (exact) mass is 597 g/mol. The highest BCUT2D eigenvalue weighted by Crippen LogP contribution is 2.32. The average molecular weight is 599 g/mol. The lowest BCUT2D eigenvalue weighted by Crippen LogP contribution is -2.46. The third-order valence-corrected chi connectivity index (χ3v) is 7.39. The van der Waals surface area contributed by atoms with Crippen molar-refractivity contribution in [1.82, 2.24) is 4.90 Å². The Balaban J connectivity index is 1.56. The van der Waals surface area contributed by atoms with E-state index in [0.29, 0.717) is 34.5 Å². The molecule has 1 aliphatic heterocycles. The Morgan fingerprint density at radius 3 is 2.45 bits per heavy atom. The first-order valence-corrected chi connectivity index (χ1v) is 13.3. The van der Waals surface area contributed by atoms with Gasteiger partial charge in [0.1, 0.15) is 11.0 Å².